The zero-order valence-electron chi connectivity index (χ0n) is 16.2. The Morgan fingerprint density at radius 3 is 2.24 bits per heavy atom. The van der Waals surface area contributed by atoms with Crippen molar-refractivity contribution in [2.24, 2.45) is 0 Å². The maximum Gasteiger partial charge on any atom is 0.180 e. The predicted octanol–water partition coefficient (Wildman–Crippen LogP) is 5.86. The maximum atomic E-state index is 6.22. The Bertz CT molecular complexity index is 1010. The van der Waals surface area contributed by atoms with Gasteiger partial charge in [0, 0.05) is 16.3 Å². The summed E-state index contributed by atoms with van der Waals surface area (Å²) in [4.78, 5) is 2.12. The fourth-order valence-corrected chi connectivity index (χ4v) is 5.30. The van der Waals surface area contributed by atoms with Crippen molar-refractivity contribution in [2.45, 2.75) is 19.8 Å². The standard InChI is InChI=1S/C22H22O5S2/c1-2-3-6-23-16-11-14(21-19-17(12-28-21)24-7-9-26-19)4-5-15(16)22-20-18(13-29-22)25-8-10-27-20/h4-5,11-13H,2-3,6-10H2,1H3. The highest BCUT2D eigenvalue weighted by molar-refractivity contribution is 7.14. The van der Waals surface area contributed by atoms with Gasteiger partial charge in [-0.15, -0.1) is 22.7 Å². The molecule has 0 fully saturated rings. The van der Waals surface area contributed by atoms with E-state index >= 15 is 0 Å². The second-order valence-electron chi connectivity index (χ2n) is 6.82. The van der Waals surface area contributed by atoms with Crippen LogP contribution in [0.25, 0.3) is 20.9 Å². The fourth-order valence-electron chi connectivity index (χ4n) is 3.41. The number of thiophene rings is 2. The summed E-state index contributed by atoms with van der Waals surface area (Å²) >= 11 is 3.26. The van der Waals surface area contributed by atoms with Gasteiger partial charge in [-0.05, 0) is 24.1 Å². The van der Waals surface area contributed by atoms with Gasteiger partial charge in [-0.3, -0.25) is 0 Å². The van der Waals surface area contributed by atoms with E-state index in [1.807, 2.05) is 10.8 Å². The van der Waals surface area contributed by atoms with Crippen LogP contribution in [0.2, 0.25) is 0 Å². The minimum atomic E-state index is 0.569. The van der Waals surface area contributed by atoms with Crippen molar-refractivity contribution in [3.8, 4) is 49.6 Å². The first-order valence-corrected chi connectivity index (χ1v) is 11.6. The van der Waals surface area contributed by atoms with Crippen LogP contribution in [0, 0.1) is 0 Å². The van der Waals surface area contributed by atoms with Crippen LogP contribution in [-0.2, 0) is 0 Å². The first-order valence-electron chi connectivity index (χ1n) is 9.87. The Balaban J connectivity index is 1.55. The second kappa shape index (κ2) is 8.16. The third-order valence-electron chi connectivity index (χ3n) is 4.85. The summed E-state index contributed by atoms with van der Waals surface area (Å²) < 4.78 is 29.4. The van der Waals surface area contributed by atoms with Gasteiger partial charge < -0.3 is 23.7 Å². The molecular formula is C22H22O5S2. The molecule has 0 radical (unpaired) electrons. The predicted molar refractivity (Wildman–Crippen MR) is 115 cm³/mol. The van der Waals surface area contributed by atoms with E-state index in [1.54, 1.807) is 22.7 Å². The molecule has 0 atom stereocenters. The number of hydrogen-bond acceptors (Lipinski definition) is 7. The molecule has 0 bridgehead atoms. The summed E-state index contributed by atoms with van der Waals surface area (Å²) in [5, 5.41) is 4.02. The largest absolute Gasteiger partial charge is 0.493 e. The van der Waals surface area contributed by atoms with Crippen LogP contribution in [0.5, 0.6) is 28.7 Å². The van der Waals surface area contributed by atoms with Crippen LogP contribution in [0.4, 0.5) is 0 Å². The van der Waals surface area contributed by atoms with Gasteiger partial charge in [0.1, 0.15) is 32.2 Å². The Labute approximate surface area is 177 Å². The third kappa shape index (κ3) is 3.53. The molecule has 0 unspecified atom stereocenters. The number of hydrogen-bond donors (Lipinski definition) is 0. The molecule has 5 rings (SSSR count). The Morgan fingerprint density at radius 1 is 0.862 bits per heavy atom. The van der Waals surface area contributed by atoms with Crippen LogP contribution in [0.15, 0.2) is 29.0 Å². The van der Waals surface area contributed by atoms with E-state index < -0.39 is 0 Å². The molecule has 0 saturated heterocycles. The highest BCUT2D eigenvalue weighted by Crippen LogP contribution is 2.51. The smallest absolute Gasteiger partial charge is 0.180 e. The second-order valence-corrected chi connectivity index (χ2v) is 8.58. The van der Waals surface area contributed by atoms with E-state index in [1.165, 1.54) is 0 Å². The molecule has 1 aromatic carbocycles. The molecule has 0 saturated carbocycles. The van der Waals surface area contributed by atoms with Crippen LogP contribution in [0.1, 0.15) is 19.8 Å². The third-order valence-corrected chi connectivity index (χ3v) is 6.81. The van der Waals surface area contributed by atoms with E-state index in [-0.39, 0.29) is 0 Å². The van der Waals surface area contributed by atoms with Gasteiger partial charge in [0.15, 0.2) is 23.0 Å². The van der Waals surface area contributed by atoms with E-state index in [4.69, 9.17) is 23.7 Å². The van der Waals surface area contributed by atoms with E-state index in [0.717, 1.165) is 62.5 Å². The minimum absolute atomic E-state index is 0.569. The molecule has 29 heavy (non-hydrogen) atoms. The first kappa shape index (κ1) is 18.6. The lowest BCUT2D eigenvalue weighted by atomic mass is 10.1. The van der Waals surface area contributed by atoms with Crippen molar-refractivity contribution in [1.29, 1.82) is 0 Å². The normalized spacial score (nSPS) is 14.7. The van der Waals surface area contributed by atoms with Crippen LogP contribution in [-0.4, -0.2) is 33.0 Å². The number of rotatable bonds is 6. The lowest BCUT2D eigenvalue weighted by molar-refractivity contribution is 0.174. The summed E-state index contributed by atoms with van der Waals surface area (Å²) in [7, 11) is 0. The van der Waals surface area contributed by atoms with Crippen molar-refractivity contribution in [3.63, 3.8) is 0 Å². The van der Waals surface area contributed by atoms with Gasteiger partial charge in [0.05, 0.1) is 16.4 Å². The SMILES string of the molecule is CCCCOc1cc(-c2scc3c2OCCO3)ccc1-c1scc2c1OCCO2. The molecule has 2 aliphatic heterocycles. The van der Waals surface area contributed by atoms with Crippen LogP contribution >= 0.6 is 22.7 Å². The van der Waals surface area contributed by atoms with Gasteiger partial charge in [-0.2, -0.15) is 0 Å². The van der Waals surface area contributed by atoms with Gasteiger partial charge >= 0.3 is 0 Å². The van der Waals surface area contributed by atoms with Crippen molar-refractivity contribution in [1.82, 2.24) is 0 Å². The highest BCUT2D eigenvalue weighted by atomic mass is 32.1. The summed E-state index contributed by atoms with van der Waals surface area (Å²) in [6.07, 6.45) is 2.10. The van der Waals surface area contributed by atoms with Gasteiger partial charge in [0.25, 0.3) is 0 Å². The molecule has 2 aromatic heterocycles. The van der Waals surface area contributed by atoms with Crippen LogP contribution < -0.4 is 23.7 Å². The van der Waals surface area contributed by atoms with Gasteiger partial charge in [0.2, 0.25) is 0 Å². The summed E-state index contributed by atoms with van der Waals surface area (Å²) in [6.45, 7) is 5.18. The molecule has 5 nitrogen and oxygen atoms in total. The molecule has 4 heterocycles. The van der Waals surface area contributed by atoms with E-state index in [0.29, 0.717) is 33.0 Å². The van der Waals surface area contributed by atoms with E-state index in [9.17, 15) is 0 Å². The van der Waals surface area contributed by atoms with Crippen LogP contribution in [0.3, 0.4) is 0 Å². The molecule has 7 heteroatoms. The maximum absolute atomic E-state index is 6.22. The Morgan fingerprint density at radius 2 is 1.52 bits per heavy atom. The zero-order valence-corrected chi connectivity index (χ0v) is 17.8. The summed E-state index contributed by atoms with van der Waals surface area (Å²) in [6, 6.07) is 6.32. The van der Waals surface area contributed by atoms with Crippen molar-refractivity contribution in [2.75, 3.05) is 33.0 Å². The molecule has 0 N–H and O–H groups in total. The Kier molecular flexibility index (Phi) is 5.24. The minimum Gasteiger partial charge on any atom is -0.493 e. The number of ether oxygens (including phenoxy) is 5. The molecule has 152 valence electrons. The fraction of sp³-hybridized carbons (Fsp3) is 0.364. The Hall–Kier alpha value is -2.38. The molecule has 0 amide bonds. The quantitative estimate of drug-likeness (QED) is 0.458. The summed E-state index contributed by atoms with van der Waals surface area (Å²) in [5.74, 6) is 4.15. The average Bonchev–Trinajstić information content (AvgIpc) is 3.38. The first-order chi connectivity index (χ1) is 14.3. The molecule has 3 aromatic rings. The lowest BCUT2D eigenvalue weighted by Crippen LogP contribution is -2.14. The monoisotopic (exact) mass is 430 g/mol. The number of unbranched alkanes of at least 4 members (excludes halogenated alkanes) is 1. The van der Waals surface area contributed by atoms with Crippen molar-refractivity contribution in [3.05, 3.63) is 29.0 Å². The molecule has 2 aliphatic rings. The molecular weight excluding hydrogens is 408 g/mol. The highest BCUT2D eigenvalue weighted by Gasteiger charge is 2.24. The van der Waals surface area contributed by atoms with Gasteiger partial charge in [-0.25, -0.2) is 0 Å². The van der Waals surface area contributed by atoms with Crippen molar-refractivity contribution >= 4 is 22.7 Å². The number of fused-ring (bicyclic) bond motifs is 2. The lowest BCUT2D eigenvalue weighted by Gasteiger charge is -2.18. The summed E-state index contributed by atoms with van der Waals surface area (Å²) in [5.41, 5.74) is 2.10. The topological polar surface area (TPSA) is 46.2 Å². The zero-order chi connectivity index (χ0) is 19.6. The molecule has 0 aliphatic carbocycles. The number of benzene rings is 1. The van der Waals surface area contributed by atoms with Gasteiger partial charge in [-0.1, -0.05) is 19.4 Å². The van der Waals surface area contributed by atoms with Crippen molar-refractivity contribution < 1.29 is 23.7 Å². The molecule has 0 spiro atoms. The average molecular weight is 431 g/mol. The van der Waals surface area contributed by atoms with E-state index in [2.05, 4.69) is 25.1 Å².